The second-order valence-electron chi connectivity index (χ2n) is 3.65. The summed E-state index contributed by atoms with van der Waals surface area (Å²) in [6, 6.07) is 5.66. The summed E-state index contributed by atoms with van der Waals surface area (Å²) < 4.78 is 5.61. The van der Waals surface area contributed by atoms with Crippen LogP contribution in [0.3, 0.4) is 0 Å². The first-order chi connectivity index (χ1) is 6.86. The van der Waals surface area contributed by atoms with Crippen molar-refractivity contribution >= 4 is 11.1 Å². The number of hydrogen-bond acceptors (Lipinski definition) is 2. The minimum atomic E-state index is 0.552. The summed E-state index contributed by atoms with van der Waals surface area (Å²) in [4.78, 5) is 4.42. The second-order valence-corrected chi connectivity index (χ2v) is 3.65. The molecule has 0 bridgehead atoms. The lowest BCUT2D eigenvalue weighted by Gasteiger charge is -1.87. The number of oxazole rings is 1. The van der Waals surface area contributed by atoms with Crippen LogP contribution in [0.15, 0.2) is 22.6 Å². The van der Waals surface area contributed by atoms with Crippen LogP contribution < -0.4 is 0 Å². The highest BCUT2D eigenvalue weighted by molar-refractivity contribution is 5.74. The smallest absolute Gasteiger partial charge is 0.198 e. The topological polar surface area (TPSA) is 26.0 Å². The highest BCUT2D eigenvalue weighted by Gasteiger charge is 2.28. The molecule has 0 saturated heterocycles. The first-order valence-electron chi connectivity index (χ1n) is 4.74. The van der Waals surface area contributed by atoms with Gasteiger partial charge in [0.15, 0.2) is 11.5 Å². The third-order valence-corrected chi connectivity index (χ3v) is 2.50. The zero-order chi connectivity index (χ0) is 9.54. The van der Waals surface area contributed by atoms with Gasteiger partial charge in [-0.25, -0.2) is 4.98 Å². The van der Waals surface area contributed by atoms with Crippen LogP contribution >= 0.6 is 0 Å². The van der Waals surface area contributed by atoms with Gasteiger partial charge in [0.2, 0.25) is 0 Å². The summed E-state index contributed by atoms with van der Waals surface area (Å²) in [5, 5.41) is 0. The van der Waals surface area contributed by atoms with Crippen LogP contribution in [0.4, 0.5) is 0 Å². The molecule has 2 heteroatoms. The Morgan fingerprint density at radius 2 is 2.29 bits per heavy atom. The predicted octanol–water partition coefficient (Wildman–Crippen LogP) is 2.69. The Morgan fingerprint density at radius 1 is 1.43 bits per heavy atom. The van der Waals surface area contributed by atoms with Gasteiger partial charge in [-0.3, -0.25) is 0 Å². The molecule has 1 aromatic carbocycles. The van der Waals surface area contributed by atoms with Crippen LogP contribution in [0.1, 0.15) is 30.2 Å². The van der Waals surface area contributed by atoms with Crippen LogP contribution in [-0.4, -0.2) is 4.98 Å². The van der Waals surface area contributed by atoms with Gasteiger partial charge in [0.25, 0.3) is 0 Å². The van der Waals surface area contributed by atoms with E-state index in [2.05, 4.69) is 10.9 Å². The maximum atomic E-state index is 5.61. The van der Waals surface area contributed by atoms with E-state index in [0.29, 0.717) is 5.92 Å². The third kappa shape index (κ3) is 1.10. The molecule has 14 heavy (non-hydrogen) atoms. The molecule has 0 N–H and O–H groups in total. The van der Waals surface area contributed by atoms with Gasteiger partial charge in [-0.15, -0.1) is 6.42 Å². The monoisotopic (exact) mass is 183 g/mol. The van der Waals surface area contributed by atoms with Crippen LogP contribution in [0, 0.1) is 12.3 Å². The molecule has 0 unspecified atom stereocenters. The van der Waals surface area contributed by atoms with E-state index in [9.17, 15) is 0 Å². The molecule has 1 aliphatic rings. The standard InChI is InChI=1S/C12H9NO/c1-2-8-3-6-11-10(7-8)13-12(14-11)9-4-5-9/h1,3,6-7,9H,4-5H2. The number of benzene rings is 1. The van der Waals surface area contributed by atoms with Crippen LogP contribution in [-0.2, 0) is 0 Å². The van der Waals surface area contributed by atoms with E-state index in [1.807, 2.05) is 18.2 Å². The molecule has 3 rings (SSSR count). The van der Waals surface area contributed by atoms with E-state index in [4.69, 9.17) is 10.8 Å². The molecule has 0 radical (unpaired) electrons. The minimum absolute atomic E-state index is 0.552. The molecular formula is C12H9NO. The molecule has 1 heterocycles. The highest BCUT2D eigenvalue weighted by Crippen LogP contribution is 2.40. The highest BCUT2D eigenvalue weighted by atomic mass is 16.3. The molecule has 2 aromatic rings. The zero-order valence-electron chi connectivity index (χ0n) is 7.66. The predicted molar refractivity (Wildman–Crippen MR) is 53.9 cm³/mol. The Labute approximate surface area is 81.9 Å². The minimum Gasteiger partial charge on any atom is -0.440 e. The Bertz CT molecular complexity index is 529. The van der Waals surface area contributed by atoms with Gasteiger partial charge in [0, 0.05) is 11.5 Å². The van der Waals surface area contributed by atoms with Gasteiger partial charge in [-0.05, 0) is 31.0 Å². The second kappa shape index (κ2) is 2.62. The van der Waals surface area contributed by atoms with E-state index < -0.39 is 0 Å². The van der Waals surface area contributed by atoms with Crippen molar-refractivity contribution in [3.8, 4) is 12.3 Å². The maximum Gasteiger partial charge on any atom is 0.198 e. The lowest BCUT2D eigenvalue weighted by molar-refractivity contribution is 0.533. The average Bonchev–Trinajstić information content (AvgIpc) is 2.97. The molecular weight excluding hydrogens is 174 g/mol. The molecule has 68 valence electrons. The number of fused-ring (bicyclic) bond motifs is 1. The quantitative estimate of drug-likeness (QED) is 0.635. The third-order valence-electron chi connectivity index (χ3n) is 2.50. The van der Waals surface area contributed by atoms with Crippen molar-refractivity contribution in [3.05, 3.63) is 29.7 Å². The number of hydrogen-bond donors (Lipinski definition) is 0. The van der Waals surface area contributed by atoms with E-state index in [-0.39, 0.29) is 0 Å². The summed E-state index contributed by atoms with van der Waals surface area (Å²) in [6.07, 6.45) is 7.72. The fourth-order valence-electron chi connectivity index (χ4n) is 1.54. The Kier molecular flexibility index (Phi) is 1.43. The maximum absolute atomic E-state index is 5.61. The summed E-state index contributed by atoms with van der Waals surface area (Å²) in [6.45, 7) is 0. The molecule has 0 aliphatic heterocycles. The van der Waals surface area contributed by atoms with Crippen molar-refractivity contribution in [1.82, 2.24) is 4.98 Å². The van der Waals surface area contributed by atoms with Gasteiger partial charge in [0.05, 0.1) is 0 Å². The SMILES string of the molecule is C#Cc1ccc2oc(C3CC3)nc2c1. The molecule has 1 aromatic heterocycles. The normalized spacial score (nSPS) is 15.6. The van der Waals surface area contributed by atoms with E-state index >= 15 is 0 Å². The summed E-state index contributed by atoms with van der Waals surface area (Å²) >= 11 is 0. The molecule has 1 saturated carbocycles. The fraction of sp³-hybridized carbons (Fsp3) is 0.250. The Balaban J connectivity index is 2.18. The first-order valence-corrected chi connectivity index (χ1v) is 4.74. The Hall–Kier alpha value is -1.75. The van der Waals surface area contributed by atoms with Crippen molar-refractivity contribution in [2.75, 3.05) is 0 Å². The molecule has 0 spiro atoms. The number of aromatic nitrogens is 1. The van der Waals surface area contributed by atoms with Crippen molar-refractivity contribution in [3.63, 3.8) is 0 Å². The fourth-order valence-corrected chi connectivity index (χ4v) is 1.54. The first kappa shape index (κ1) is 7.64. The summed E-state index contributed by atoms with van der Waals surface area (Å²) in [5.41, 5.74) is 2.57. The van der Waals surface area contributed by atoms with Crippen LogP contribution in [0.25, 0.3) is 11.1 Å². The molecule has 1 fully saturated rings. The molecule has 0 atom stereocenters. The number of terminal acetylenes is 1. The van der Waals surface area contributed by atoms with Gasteiger partial charge in [-0.2, -0.15) is 0 Å². The van der Waals surface area contributed by atoms with E-state index in [0.717, 1.165) is 22.6 Å². The molecule has 2 nitrogen and oxygen atoms in total. The van der Waals surface area contributed by atoms with Gasteiger partial charge in [0.1, 0.15) is 5.52 Å². The summed E-state index contributed by atoms with van der Waals surface area (Å²) in [5.74, 6) is 4.01. The van der Waals surface area contributed by atoms with E-state index in [1.165, 1.54) is 12.8 Å². The van der Waals surface area contributed by atoms with Crippen molar-refractivity contribution in [2.24, 2.45) is 0 Å². The van der Waals surface area contributed by atoms with Crippen LogP contribution in [0.5, 0.6) is 0 Å². The Morgan fingerprint density at radius 3 is 3.00 bits per heavy atom. The molecule has 0 amide bonds. The largest absolute Gasteiger partial charge is 0.440 e. The van der Waals surface area contributed by atoms with Gasteiger partial charge >= 0.3 is 0 Å². The van der Waals surface area contributed by atoms with Gasteiger partial charge < -0.3 is 4.42 Å². The van der Waals surface area contributed by atoms with Gasteiger partial charge in [-0.1, -0.05) is 5.92 Å². The average molecular weight is 183 g/mol. The number of nitrogens with zero attached hydrogens (tertiary/aromatic N) is 1. The molecule has 1 aliphatic carbocycles. The van der Waals surface area contributed by atoms with Crippen molar-refractivity contribution in [1.29, 1.82) is 0 Å². The lowest BCUT2D eigenvalue weighted by Crippen LogP contribution is -1.76. The van der Waals surface area contributed by atoms with Crippen molar-refractivity contribution in [2.45, 2.75) is 18.8 Å². The lowest BCUT2D eigenvalue weighted by atomic mass is 10.2. The number of rotatable bonds is 1. The van der Waals surface area contributed by atoms with E-state index in [1.54, 1.807) is 0 Å². The van der Waals surface area contributed by atoms with Crippen LogP contribution in [0.2, 0.25) is 0 Å². The zero-order valence-corrected chi connectivity index (χ0v) is 7.66. The van der Waals surface area contributed by atoms with Crippen molar-refractivity contribution < 1.29 is 4.42 Å². The summed E-state index contributed by atoms with van der Waals surface area (Å²) in [7, 11) is 0.